The van der Waals surface area contributed by atoms with Gasteiger partial charge in [0.2, 0.25) is 15.9 Å². The first kappa shape index (κ1) is 22.6. The van der Waals surface area contributed by atoms with E-state index in [1.165, 1.54) is 55.7 Å². The number of aromatic nitrogens is 1. The molecule has 3 aromatic rings. The second-order valence-corrected chi connectivity index (χ2v) is 10.6. The molecule has 10 heteroatoms. The van der Waals surface area contributed by atoms with Crippen LogP contribution < -0.4 is 10.0 Å². The number of hydrogen-bond donors (Lipinski definition) is 2. The highest BCUT2D eigenvalue weighted by atomic mass is 32.2. The first-order chi connectivity index (χ1) is 14.7. The maximum Gasteiger partial charge on any atom is 0.240 e. The first-order valence-corrected chi connectivity index (χ1v) is 12.3. The normalized spacial score (nSPS) is 12.8. The molecule has 2 aromatic carbocycles. The zero-order valence-corrected chi connectivity index (χ0v) is 18.2. The Bertz CT molecular complexity index is 1250. The second-order valence-electron chi connectivity index (χ2n) is 6.69. The van der Waals surface area contributed by atoms with Crippen molar-refractivity contribution in [1.29, 1.82) is 0 Å². The summed E-state index contributed by atoms with van der Waals surface area (Å²) < 4.78 is 54.4. The van der Waals surface area contributed by atoms with Crippen molar-refractivity contribution in [2.24, 2.45) is 0 Å². The first-order valence-electron chi connectivity index (χ1n) is 9.26. The number of benzene rings is 2. The van der Waals surface area contributed by atoms with E-state index in [9.17, 15) is 21.6 Å². The molecule has 0 spiro atoms. The number of nitrogens with one attached hydrogen (secondary N) is 2. The van der Waals surface area contributed by atoms with E-state index in [4.69, 9.17) is 0 Å². The number of carbonyl (C=O) groups excluding carboxylic acids is 1. The van der Waals surface area contributed by atoms with Crippen LogP contribution in [0.15, 0.2) is 88.9 Å². The summed E-state index contributed by atoms with van der Waals surface area (Å²) in [5.74, 6) is -0.279. The molecule has 1 aromatic heterocycles. The van der Waals surface area contributed by atoms with E-state index in [1.807, 2.05) is 0 Å². The van der Waals surface area contributed by atoms with Gasteiger partial charge in [0.15, 0.2) is 9.84 Å². The van der Waals surface area contributed by atoms with Crippen LogP contribution in [0, 0.1) is 0 Å². The van der Waals surface area contributed by atoms with E-state index in [0.717, 1.165) is 0 Å². The second kappa shape index (κ2) is 9.38. The lowest BCUT2D eigenvalue weighted by Crippen LogP contribution is -2.32. The van der Waals surface area contributed by atoms with Gasteiger partial charge in [-0.15, -0.1) is 0 Å². The van der Waals surface area contributed by atoms with Gasteiger partial charge in [-0.2, -0.15) is 0 Å². The van der Waals surface area contributed by atoms with E-state index in [-0.39, 0.29) is 22.2 Å². The van der Waals surface area contributed by atoms with Crippen molar-refractivity contribution in [3.63, 3.8) is 0 Å². The molecule has 2 N–H and O–H groups in total. The number of hydrogen-bond acceptors (Lipinski definition) is 6. The van der Waals surface area contributed by atoms with Gasteiger partial charge < -0.3 is 5.32 Å². The number of rotatable bonds is 8. The Morgan fingerprint density at radius 1 is 0.903 bits per heavy atom. The molecule has 0 aliphatic carbocycles. The fraction of sp³-hybridized carbons (Fsp3) is 0.143. The fourth-order valence-corrected chi connectivity index (χ4v) is 5.76. The minimum Gasteiger partial charge on any atom is -0.326 e. The summed E-state index contributed by atoms with van der Waals surface area (Å²) >= 11 is 0. The van der Waals surface area contributed by atoms with E-state index in [0.29, 0.717) is 11.3 Å². The Balaban J connectivity index is 1.88. The Morgan fingerprint density at radius 2 is 1.58 bits per heavy atom. The van der Waals surface area contributed by atoms with Crippen molar-refractivity contribution >= 4 is 31.5 Å². The lowest BCUT2D eigenvalue weighted by Gasteiger charge is -2.19. The van der Waals surface area contributed by atoms with Gasteiger partial charge in [-0.05, 0) is 48.0 Å². The van der Waals surface area contributed by atoms with Crippen LogP contribution in [0.3, 0.4) is 0 Å². The number of amides is 1. The topological polar surface area (TPSA) is 122 Å². The number of nitrogens with zero attached hydrogens (tertiary/aromatic N) is 1. The molecule has 0 radical (unpaired) electrons. The number of anilines is 1. The van der Waals surface area contributed by atoms with Crippen LogP contribution in [0.5, 0.6) is 0 Å². The predicted molar refractivity (Wildman–Crippen MR) is 117 cm³/mol. The molecule has 0 fully saturated rings. The van der Waals surface area contributed by atoms with E-state index < -0.39 is 25.1 Å². The third-order valence-electron chi connectivity index (χ3n) is 4.45. The highest BCUT2D eigenvalue weighted by Gasteiger charge is 2.31. The zero-order valence-electron chi connectivity index (χ0n) is 16.6. The van der Waals surface area contributed by atoms with Gasteiger partial charge in [-0.3, -0.25) is 9.78 Å². The molecule has 0 saturated heterocycles. The number of carbonyl (C=O) groups is 1. The maximum atomic E-state index is 13.2. The van der Waals surface area contributed by atoms with E-state index in [1.54, 1.807) is 30.3 Å². The van der Waals surface area contributed by atoms with Crippen molar-refractivity contribution in [2.45, 2.75) is 22.0 Å². The van der Waals surface area contributed by atoms with Crippen molar-refractivity contribution < 1.29 is 21.6 Å². The molecule has 1 unspecified atom stereocenters. The number of sulfonamides is 1. The van der Waals surface area contributed by atoms with Crippen LogP contribution in [-0.2, 0) is 24.7 Å². The molecular formula is C21H21N3O5S2. The van der Waals surface area contributed by atoms with Crippen LogP contribution >= 0.6 is 0 Å². The highest BCUT2D eigenvalue weighted by Crippen LogP contribution is 2.28. The predicted octanol–water partition coefficient (Wildman–Crippen LogP) is 2.53. The largest absolute Gasteiger partial charge is 0.326 e. The van der Waals surface area contributed by atoms with Gasteiger partial charge in [0.25, 0.3) is 0 Å². The van der Waals surface area contributed by atoms with Gasteiger partial charge in [-0.1, -0.05) is 24.3 Å². The molecule has 1 heterocycles. The van der Waals surface area contributed by atoms with Crippen molar-refractivity contribution in [3.05, 3.63) is 84.7 Å². The Kier molecular flexibility index (Phi) is 6.84. The molecule has 0 bridgehead atoms. The minimum absolute atomic E-state index is 0.0522. The number of sulfone groups is 1. The Hall–Kier alpha value is -3.08. The van der Waals surface area contributed by atoms with Crippen LogP contribution in [0.2, 0.25) is 0 Å². The molecule has 0 saturated carbocycles. The van der Waals surface area contributed by atoms with Crippen LogP contribution in [-0.4, -0.2) is 34.3 Å². The average Bonchev–Trinajstić information content (AvgIpc) is 2.75. The van der Waals surface area contributed by atoms with Gasteiger partial charge >= 0.3 is 0 Å². The summed E-state index contributed by atoms with van der Waals surface area (Å²) in [7, 11) is -7.89. The summed E-state index contributed by atoms with van der Waals surface area (Å²) in [6.45, 7) is 0.969. The lowest BCUT2D eigenvalue weighted by atomic mass is 10.2. The summed E-state index contributed by atoms with van der Waals surface area (Å²) in [5, 5.41) is 1.38. The van der Waals surface area contributed by atoms with Crippen LogP contribution in [0.4, 0.5) is 5.69 Å². The summed E-state index contributed by atoms with van der Waals surface area (Å²) in [6.07, 6.45) is 2.91. The minimum atomic E-state index is -4.00. The van der Waals surface area contributed by atoms with Gasteiger partial charge in [0, 0.05) is 31.5 Å². The van der Waals surface area contributed by atoms with Crippen molar-refractivity contribution in [1.82, 2.24) is 9.71 Å². The smallest absolute Gasteiger partial charge is 0.240 e. The lowest BCUT2D eigenvalue weighted by molar-refractivity contribution is -0.114. The highest BCUT2D eigenvalue weighted by molar-refractivity contribution is 7.92. The van der Waals surface area contributed by atoms with E-state index >= 15 is 0 Å². The quantitative estimate of drug-likeness (QED) is 0.534. The van der Waals surface area contributed by atoms with Gasteiger partial charge in [0.05, 0.1) is 9.79 Å². The van der Waals surface area contributed by atoms with E-state index in [2.05, 4.69) is 15.0 Å². The van der Waals surface area contributed by atoms with Crippen LogP contribution in [0.1, 0.15) is 17.7 Å². The molecule has 3 rings (SSSR count). The molecule has 1 amide bonds. The molecule has 8 nitrogen and oxygen atoms in total. The van der Waals surface area contributed by atoms with Crippen molar-refractivity contribution in [2.75, 3.05) is 11.9 Å². The average molecular weight is 460 g/mol. The monoisotopic (exact) mass is 459 g/mol. The molecule has 0 aliphatic heterocycles. The summed E-state index contributed by atoms with van der Waals surface area (Å²) in [6, 6.07) is 16.6. The third kappa shape index (κ3) is 5.54. The molecule has 31 heavy (non-hydrogen) atoms. The molecule has 1 atom stereocenters. The summed E-state index contributed by atoms with van der Waals surface area (Å²) in [5.41, 5.74) is 0.821. The third-order valence-corrected chi connectivity index (χ3v) is 8.00. The molecule has 162 valence electrons. The molecule has 0 aliphatic rings. The van der Waals surface area contributed by atoms with Crippen LogP contribution in [0.25, 0.3) is 0 Å². The Labute approximate surface area is 181 Å². The Morgan fingerprint density at radius 3 is 2.16 bits per heavy atom. The van der Waals surface area contributed by atoms with Gasteiger partial charge in [-0.25, -0.2) is 21.6 Å². The molecular weight excluding hydrogens is 438 g/mol. The maximum absolute atomic E-state index is 13.2. The number of pyridine rings is 1. The van der Waals surface area contributed by atoms with Crippen molar-refractivity contribution in [3.8, 4) is 0 Å². The summed E-state index contributed by atoms with van der Waals surface area (Å²) in [4.78, 5) is 15.1. The zero-order chi connectivity index (χ0) is 22.5. The SMILES string of the molecule is CC(=O)Nc1ccc(S(=O)(=O)NCC(c2cccnc2)S(=O)(=O)c2ccccc2)cc1. The van der Waals surface area contributed by atoms with Gasteiger partial charge in [0.1, 0.15) is 5.25 Å². The fourth-order valence-electron chi connectivity index (χ4n) is 2.94. The standard InChI is InChI=1S/C21H21N3O5S2/c1-16(25)24-18-9-11-20(12-10-18)31(28,29)23-15-21(17-6-5-13-22-14-17)30(26,27)19-7-3-2-4-8-19/h2-14,21,23H,15H2,1H3,(H,24,25).